The second-order valence-electron chi connectivity index (χ2n) is 2.21. The molecule has 0 spiro atoms. The standard InChI is InChI=1S/C9H10NO.Ac/c1-7(10)8-3-5-9(11-2)6-4-8;/h3-6,10H,1H2,2H3;/q-1;. The summed E-state index contributed by atoms with van der Waals surface area (Å²) in [6, 6.07) is 7.26. The molecule has 0 aliphatic heterocycles. The van der Waals surface area contributed by atoms with Crippen molar-refractivity contribution in [1.82, 2.24) is 0 Å². The summed E-state index contributed by atoms with van der Waals surface area (Å²) in [7, 11) is 1.62. The molecule has 12 heavy (non-hydrogen) atoms. The largest absolute Gasteiger partial charge is 0.699 e. The Hall–Kier alpha value is 0.00156. The zero-order valence-electron chi connectivity index (χ0n) is 7.00. The predicted molar refractivity (Wildman–Crippen MR) is 46.3 cm³/mol. The fraction of sp³-hybridized carbons (Fsp3) is 0.111. The Kier molecular flexibility index (Phi) is 5.61. The molecule has 0 saturated carbocycles. The number of methoxy groups -OCH3 is 1. The van der Waals surface area contributed by atoms with Crippen LogP contribution in [0.15, 0.2) is 30.8 Å². The minimum absolute atomic E-state index is 0. The van der Waals surface area contributed by atoms with Crippen molar-refractivity contribution in [2.45, 2.75) is 0 Å². The summed E-state index contributed by atoms with van der Waals surface area (Å²) in [5, 5.41) is 0. The first-order valence-corrected chi connectivity index (χ1v) is 3.29. The minimum atomic E-state index is 0. The van der Waals surface area contributed by atoms with E-state index in [-0.39, 0.29) is 44.1 Å². The van der Waals surface area contributed by atoms with Crippen molar-refractivity contribution in [2.24, 2.45) is 0 Å². The van der Waals surface area contributed by atoms with Gasteiger partial charge in [0.2, 0.25) is 0 Å². The van der Waals surface area contributed by atoms with Gasteiger partial charge in [-0.05, 0) is 17.7 Å². The molecule has 0 aromatic heterocycles. The van der Waals surface area contributed by atoms with Crippen molar-refractivity contribution in [3.8, 4) is 5.75 Å². The maximum absolute atomic E-state index is 7.21. The Bertz CT molecular complexity index is 256. The zero-order chi connectivity index (χ0) is 8.27. The van der Waals surface area contributed by atoms with Crippen molar-refractivity contribution >= 4 is 5.70 Å². The van der Waals surface area contributed by atoms with E-state index in [9.17, 15) is 0 Å². The average Bonchev–Trinajstić information content (AvgIpc) is 2.05. The van der Waals surface area contributed by atoms with E-state index < -0.39 is 0 Å². The van der Waals surface area contributed by atoms with Crippen LogP contribution >= 0.6 is 0 Å². The van der Waals surface area contributed by atoms with Crippen LogP contribution in [0.2, 0.25) is 0 Å². The molecule has 3 heteroatoms. The number of rotatable bonds is 2. The normalized spacial score (nSPS) is 8.42. The van der Waals surface area contributed by atoms with Gasteiger partial charge in [-0.25, -0.2) is 0 Å². The third kappa shape index (κ3) is 3.17. The smallest absolute Gasteiger partial charge is 0.118 e. The van der Waals surface area contributed by atoms with Gasteiger partial charge in [-0.1, -0.05) is 12.1 Å². The Morgan fingerprint density at radius 2 is 1.83 bits per heavy atom. The molecule has 0 atom stereocenters. The molecule has 1 radical (unpaired) electrons. The van der Waals surface area contributed by atoms with Crippen LogP contribution in [0.25, 0.3) is 11.4 Å². The van der Waals surface area contributed by atoms with Gasteiger partial charge in [0.1, 0.15) is 5.75 Å². The van der Waals surface area contributed by atoms with E-state index in [2.05, 4.69) is 6.58 Å². The molecule has 61 valence electrons. The van der Waals surface area contributed by atoms with Gasteiger partial charge in [0.15, 0.2) is 0 Å². The number of benzene rings is 1. The van der Waals surface area contributed by atoms with Crippen LogP contribution in [0.1, 0.15) is 5.56 Å². The Labute approximate surface area is 108 Å². The van der Waals surface area contributed by atoms with Crippen molar-refractivity contribution in [3.63, 3.8) is 0 Å². The quantitative estimate of drug-likeness (QED) is 0.783. The third-order valence-corrected chi connectivity index (χ3v) is 1.44. The van der Waals surface area contributed by atoms with Gasteiger partial charge in [0, 0.05) is 44.1 Å². The molecule has 2 nitrogen and oxygen atoms in total. The molecule has 0 fully saturated rings. The first-order valence-electron chi connectivity index (χ1n) is 3.29. The minimum Gasteiger partial charge on any atom is -0.699 e. The number of nitrogens with one attached hydrogen (secondary N) is 1. The van der Waals surface area contributed by atoms with E-state index in [4.69, 9.17) is 10.5 Å². The summed E-state index contributed by atoms with van der Waals surface area (Å²) in [5.41, 5.74) is 8.36. The zero-order valence-corrected chi connectivity index (χ0v) is 11.7. The van der Waals surface area contributed by atoms with Crippen molar-refractivity contribution in [2.75, 3.05) is 7.11 Å². The van der Waals surface area contributed by atoms with E-state index in [1.807, 2.05) is 24.3 Å². The first-order chi connectivity index (χ1) is 5.24. The summed E-state index contributed by atoms with van der Waals surface area (Å²) in [6.07, 6.45) is 0. The molecule has 0 unspecified atom stereocenters. The van der Waals surface area contributed by atoms with Gasteiger partial charge in [-0.2, -0.15) is 0 Å². The third-order valence-electron chi connectivity index (χ3n) is 1.44. The Morgan fingerprint density at radius 1 is 1.33 bits per heavy atom. The average molecular weight is 375 g/mol. The molecule has 0 aliphatic rings. The predicted octanol–water partition coefficient (Wildman–Crippen LogP) is 2.72. The van der Waals surface area contributed by atoms with E-state index >= 15 is 0 Å². The fourth-order valence-electron chi connectivity index (χ4n) is 0.792. The van der Waals surface area contributed by atoms with Gasteiger partial charge in [0.05, 0.1) is 7.11 Å². The molecule has 0 heterocycles. The second-order valence-corrected chi connectivity index (χ2v) is 2.21. The van der Waals surface area contributed by atoms with Gasteiger partial charge in [-0.15, -0.1) is 12.3 Å². The van der Waals surface area contributed by atoms with Crippen molar-refractivity contribution in [3.05, 3.63) is 42.1 Å². The van der Waals surface area contributed by atoms with E-state index in [1.165, 1.54) is 0 Å². The molecule has 1 aromatic carbocycles. The summed E-state index contributed by atoms with van der Waals surface area (Å²) < 4.78 is 4.96. The monoisotopic (exact) mass is 375 g/mol. The van der Waals surface area contributed by atoms with E-state index in [0.717, 1.165) is 11.3 Å². The second kappa shape index (κ2) is 5.61. The number of hydrogen-bond acceptors (Lipinski definition) is 1. The topological polar surface area (TPSA) is 33.0 Å². The Balaban J connectivity index is 0.00000121. The van der Waals surface area contributed by atoms with Crippen molar-refractivity contribution in [1.29, 1.82) is 0 Å². The van der Waals surface area contributed by atoms with E-state index in [1.54, 1.807) is 7.11 Å². The summed E-state index contributed by atoms with van der Waals surface area (Å²) in [6.45, 7) is 3.51. The van der Waals surface area contributed by atoms with Crippen LogP contribution in [0.4, 0.5) is 0 Å². The SMILES string of the molecule is C=C([NH-])c1ccc(OC)cc1.[Ac]. The summed E-state index contributed by atoms with van der Waals surface area (Å²) in [4.78, 5) is 0. The fourth-order valence-corrected chi connectivity index (χ4v) is 0.792. The number of hydrogen-bond donors (Lipinski definition) is 0. The first kappa shape index (κ1) is 12.0. The summed E-state index contributed by atoms with van der Waals surface area (Å²) in [5.74, 6) is 0.801. The molecule has 0 saturated heterocycles. The van der Waals surface area contributed by atoms with Crippen LogP contribution in [0.5, 0.6) is 5.75 Å². The van der Waals surface area contributed by atoms with E-state index in [0.29, 0.717) is 5.70 Å². The van der Waals surface area contributed by atoms with Crippen molar-refractivity contribution < 1.29 is 48.8 Å². The molecular formula is C9H10AcNO-. The molecule has 0 amide bonds. The molecule has 1 aromatic rings. The van der Waals surface area contributed by atoms with Gasteiger partial charge in [-0.3, -0.25) is 0 Å². The maximum atomic E-state index is 7.21. The van der Waals surface area contributed by atoms with Gasteiger partial charge < -0.3 is 10.5 Å². The molecule has 1 N–H and O–H groups in total. The van der Waals surface area contributed by atoms with Gasteiger partial charge in [0.25, 0.3) is 0 Å². The van der Waals surface area contributed by atoms with Crippen LogP contribution in [-0.2, 0) is 0 Å². The van der Waals surface area contributed by atoms with Crippen LogP contribution < -0.4 is 4.74 Å². The van der Waals surface area contributed by atoms with Crippen LogP contribution in [0, 0.1) is 44.1 Å². The summed E-state index contributed by atoms with van der Waals surface area (Å²) >= 11 is 0. The molecule has 1 rings (SSSR count). The molecular weight excluding hydrogens is 365 g/mol. The van der Waals surface area contributed by atoms with Crippen LogP contribution in [-0.4, -0.2) is 7.11 Å². The van der Waals surface area contributed by atoms with Crippen LogP contribution in [0.3, 0.4) is 0 Å². The number of ether oxygens (including phenoxy) is 1. The maximum Gasteiger partial charge on any atom is 0.118 e. The Morgan fingerprint density at radius 3 is 2.17 bits per heavy atom. The molecule has 0 bridgehead atoms. The molecule has 0 aliphatic carbocycles. The van der Waals surface area contributed by atoms with Gasteiger partial charge >= 0.3 is 0 Å².